The Morgan fingerprint density at radius 3 is 2.55 bits per heavy atom. The van der Waals surface area contributed by atoms with Gasteiger partial charge in [0.1, 0.15) is 11.7 Å². The fourth-order valence-corrected chi connectivity index (χ4v) is 2.22. The normalized spacial score (nSPS) is 12.1. The van der Waals surface area contributed by atoms with E-state index in [0.717, 1.165) is 0 Å². The van der Waals surface area contributed by atoms with Gasteiger partial charge in [0, 0.05) is 24.8 Å². The first kappa shape index (κ1) is 16.6. The molecule has 1 N–H and O–H groups in total. The summed E-state index contributed by atoms with van der Waals surface area (Å²) in [7, 11) is 3.36. The maximum absolute atomic E-state index is 12.2. The number of halogens is 1. The highest BCUT2D eigenvalue weighted by Gasteiger charge is 2.24. The maximum Gasteiger partial charge on any atom is 0.271 e. The number of aromatic nitrogens is 1. The van der Waals surface area contributed by atoms with Gasteiger partial charge in [-0.15, -0.1) is 0 Å². The third kappa shape index (κ3) is 4.59. The molecular formula is C14H20BrN3O2. The molecule has 1 atom stereocenters. The van der Waals surface area contributed by atoms with Crippen molar-refractivity contribution in [2.24, 2.45) is 5.92 Å². The summed E-state index contributed by atoms with van der Waals surface area (Å²) in [6, 6.07) is 2.94. The fourth-order valence-electron chi connectivity index (χ4n) is 1.78. The molecule has 1 aromatic rings. The Labute approximate surface area is 127 Å². The van der Waals surface area contributed by atoms with Crippen molar-refractivity contribution in [1.82, 2.24) is 15.2 Å². The van der Waals surface area contributed by atoms with E-state index in [-0.39, 0.29) is 17.5 Å². The van der Waals surface area contributed by atoms with E-state index in [4.69, 9.17) is 0 Å². The molecule has 1 heterocycles. The van der Waals surface area contributed by atoms with Crippen molar-refractivity contribution in [1.29, 1.82) is 0 Å². The lowest BCUT2D eigenvalue weighted by Gasteiger charge is -2.23. The molecule has 110 valence electrons. The number of carbonyl (C=O) groups is 2. The molecule has 0 aliphatic carbocycles. The lowest BCUT2D eigenvalue weighted by Crippen LogP contribution is -2.47. The van der Waals surface area contributed by atoms with E-state index in [1.807, 2.05) is 13.8 Å². The molecule has 0 aromatic carbocycles. The summed E-state index contributed by atoms with van der Waals surface area (Å²) in [5, 5.41) is 2.76. The highest BCUT2D eigenvalue weighted by Crippen LogP contribution is 2.14. The molecule has 5 nitrogen and oxygen atoms in total. The summed E-state index contributed by atoms with van der Waals surface area (Å²) in [5.74, 6) is -0.159. The zero-order valence-electron chi connectivity index (χ0n) is 12.2. The van der Waals surface area contributed by atoms with Crippen molar-refractivity contribution in [3.63, 3.8) is 0 Å². The fraction of sp³-hybridized carbons (Fsp3) is 0.500. The molecule has 1 aromatic heterocycles. The molecule has 0 fully saturated rings. The first-order valence-electron chi connectivity index (χ1n) is 6.45. The van der Waals surface area contributed by atoms with E-state index in [1.165, 1.54) is 4.90 Å². The van der Waals surface area contributed by atoms with Gasteiger partial charge in [-0.2, -0.15) is 0 Å². The lowest BCUT2D eigenvalue weighted by molar-refractivity contribution is -0.131. The summed E-state index contributed by atoms with van der Waals surface area (Å²) in [6.07, 6.45) is 2.14. The van der Waals surface area contributed by atoms with E-state index in [1.54, 1.807) is 32.4 Å². The van der Waals surface area contributed by atoms with Crippen LogP contribution in [0.3, 0.4) is 0 Å². The number of nitrogens with one attached hydrogen (secondary N) is 1. The molecule has 0 bridgehead atoms. The molecule has 0 radical (unpaired) electrons. The van der Waals surface area contributed by atoms with Gasteiger partial charge in [0.05, 0.1) is 0 Å². The molecular weight excluding hydrogens is 322 g/mol. The molecule has 2 amide bonds. The molecule has 6 heteroatoms. The van der Waals surface area contributed by atoms with Crippen LogP contribution in [0.2, 0.25) is 0 Å². The smallest absolute Gasteiger partial charge is 0.271 e. The monoisotopic (exact) mass is 341 g/mol. The Morgan fingerprint density at radius 1 is 1.40 bits per heavy atom. The second kappa shape index (κ2) is 7.38. The zero-order valence-corrected chi connectivity index (χ0v) is 13.8. The van der Waals surface area contributed by atoms with Crippen LogP contribution in [0.1, 0.15) is 30.8 Å². The summed E-state index contributed by atoms with van der Waals surface area (Å²) in [6.45, 7) is 4.03. The minimum Gasteiger partial charge on any atom is -0.347 e. The van der Waals surface area contributed by atoms with E-state index in [9.17, 15) is 9.59 Å². The van der Waals surface area contributed by atoms with Gasteiger partial charge in [-0.1, -0.05) is 13.8 Å². The van der Waals surface area contributed by atoms with Gasteiger partial charge in [-0.25, -0.2) is 4.98 Å². The van der Waals surface area contributed by atoms with Crippen LogP contribution in [0.25, 0.3) is 0 Å². The predicted octanol–water partition coefficient (Wildman–Crippen LogP) is 2.08. The average molecular weight is 342 g/mol. The van der Waals surface area contributed by atoms with Crippen molar-refractivity contribution in [3.8, 4) is 0 Å². The standard InChI is InChI=1S/C14H20BrN3O2/c1-9(2)8-11(14(20)18(3)4)17-13(19)12-10(15)6-5-7-16-12/h5-7,9,11H,8H2,1-4H3,(H,17,19). The van der Waals surface area contributed by atoms with E-state index in [2.05, 4.69) is 26.2 Å². The quantitative estimate of drug-likeness (QED) is 0.891. The van der Waals surface area contributed by atoms with Gasteiger partial charge in [0.25, 0.3) is 5.91 Å². The van der Waals surface area contributed by atoms with Crippen molar-refractivity contribution in [3.05, 3.63) is 28.5 Å². The number of rotatable bonds is 5. The van der Waals surface area contributed by atoms with Crippen molar-refractivity contribution < 1.29 is 9.59 Å². The Bertz CT molecular complexity index is 489. The van der Waals surface area contributed by atoms with Gasteiger partial charge < -0.3 is 10.2 Å². The van der Waals surface area contributed by atoms with Crippen LogP contribution in [-0.2, 0) is 4.79 Å². The molecule has 0 aliphatic heterocycles. The lowest BCUT2D eigenvalue weighted by atomic mass is 10.0. The van der Waals surface area contributed by atoms with Crippen LogP contribution in [-0.4, -0.2) is 41.8 Å². The van der Waals surface area contributed by atoms with Crippen molar-refractivity contribution >= 4 is 27.7 Å². The zero-order chi connectivity index (χ0) is 15.3. The van der Waals surface area contributed by atoms with E-state index < -0.39 is 6.04 Å². The first-order valence-corrected chi connectivity index (χ1v) is 7.24. The predicted molar refractivity (Wildman–Crippen MR) is 81.3 cm³/mol. The van der Waals surface area contributed by atoms with Crippen LogP contribution in [0.5, 0.6) is 0 Å². The molecule has 20 heavy (non-hydrogen) atoms. The minimum atomic E-state index is -0.536. The molecule has 1 unspecified atom stereocenters. The van der Waals surface area contributed by atoms with Gasteiger partial charge in [-0.05, 0) is 40.4 Å². The minimum absolute atomic E-state index is 0.112. The number of hydrogen-bond donors (Lipinski definition) is 1. The number of hydrogen-bond acceptors (Lipinski definition) is 3. The first-order chi connectivity index (χ1) is 9.32. The number of carbonyl (C=O) groups excluding carboxylic acids is 2. The Morgan fingerprint density at radius 2 is 2.05 bits per heavy atom. The second-order valence-electron chi connectivity index (χ2n) is 5.22. The Hall–Kier alpha value is -1.43. The van der Waals surface area contributed by atoms with Crippen molar-refractivity contribution in [2.45, 2.75) is 26.3 Å². The second-order valence-corrected chi connectivity index (χ2v) is 6.08. The Balaban J connectivity index is 2.87. The largest absolute Gasteiger partial charge is 0.347 e. The van der Waals surface area contributed by atoms with Gasteiger partial charge in [0.2, 0.25) is 5.91 Å². The van der Waals surface area contributed by atoms with Gasteiger partial charge >= 0.3 is 0 Å². The number of pyridine rings is 1. The van der Waals surface area contributed by atoms with Crippen LogP contribution in [0.15, 0.2) is 22.8 Å². The molecule has 0 saturated heterocycles. The SMILES string of the molecule is CC(C)CC(NC(=O)c1ncccc1Br)C(=O)N(C)C. The molecule has 0 aliphatic rings. The van der Waals surface area contributed by atoms with E-state index in [0.29, 0.717) is 16.8 Å². The summed E-state index contributed by atoms with van der Waals surface area (Å²) in [5.41, 5.74) is 0.285. The number of nitrogens with zero attached hydrogens (tertiary/aromatic N) is 2. The Kier molecular flexibility index (Phi) is 6.13. The number of amides is 2. The third-order valence-electron chi connectivity index (χ3n) is 2.72. The maximum atomic E-state index is 12.2. The van der Waals surface area contributed by atoms with Crippen LogP contribution >= 0.6 is 15.9 Å². The summed E-state index contributed by atoms with van der Waals surface area (Å²) < 4.78 is 0.609. The molecule has 0 saturated carbocycles. The van der Waals surface area contributed by atoms with Crippen molar-refractivity contribution in [2.75, 3.05) is 14.1 Å². The number of likely N-dealkylation sites (N-methyl/N-ethyl adjacent to an activating group) is 1. The highest BCUT2D eigenvalue weighted by molar-refractivity contribution is 9.10. The van der Waals surface area contributed by atoms with Gasteiger partial charge in [0.15, 0.2) is 0 Å². The van der Waals surface area contributed by atoms with Crippen LogP contribution in [0.4, 0.5) is 0 Å². The topological polar surface area (TPSA) is 62.3 Å². The summed E-state index contributed by atoms with van der Waals surface area (Å²) >= 11 is 3.28. The van der Waals surface area contributed by atoms with Gasteiger partial charge in [-0.3, -0.25) is 9.59 Å². The van der Waals surface area contributed by atoms with Crippen LogP contribution in [0, 0.1) is 5.92 Å². The summed E-state index contributed by atoms with van der Waals surface area (Å²) in [4.78, 5) is 29.8. The van der Waals surface area contributed by atoms with E-state index >= 15 is 0 Å². The third-order valence-corrected chi connectivity index (χ3v) is 3.36. The average Bonchev–Trinajstić information content (AvgIpc) is 2.36. The highest BCUT2D eigenvalue weighted by atomic mass is 79.9. The molecule has 0 spiro atoms. The van der Waals surface area contributed by atoms with Crippen LogP contribution < -0.4 is 5.32 Å². The molecule has 1 rings (SSSR count).